The lowest BCUT2D eigenvalue weighted by Gasteiger charge is -1.95. The Morgan fingerprint density at radius 1 is 1.50 bits per heavy atom. The maximum atomic E-state index is 8.53. The van der Waals surface area contributed by atoms with Gasteiger partial charge in [0, 0.05) is 9.37 Å². The van der Waals surface area contributed by atoms with E-state index in [1.165, 1.54) is 0 Å². The molecule has 0 spiro atoms. The first kappa shape index (κ1) is 7.64. The van der Waals surface area contributed by atoms with Crippen molar-refractivity contribution in [3.05, 3.63) is 28.2 Å². The van der Waals surface area contributed by atoms with Gasteiger partial charge in [-0.05, 0) is 28.1 Å². The highest BCUT2D eigenvalue weighted by atomic mass is 79.9. The molecule has 1 nitrogen and oxygen atoms in total. The zero-order valence-corrected chi connectivity index (χ0v) is 7.48. The number of nitrogens with zero attached hydrogens (tertiary/aromatic N) is 1. The van der Waals surface area contributed by atoms with E-state index in [9.17, 15) is 0 Å². The Balaban J connectivity index is 3.31. The third kappa shape index (κ3) is 1.34. The largest absolute Gasteiger partial charge is 0.192 e. The topological polar surface area (TPSA) is 23.8 Å². The van der Waals surface area contributed by atoms with Crippen LogP contribution in [0.2, 0.25) is 0 Å². The molecule has 0 amide bonds. The summed E-state index contributed by atoms with van der Waals surface area (Å²) in [4.78, 5) is 0.791. The van der Waals surface area contributed by atoms with Crippen LogP contribution in [0.15, 0.2) is 27.6 Å². The lowest BCUT2D eigenvalue weighted by atomic mass is 10.2. The fourth-order valence-electron chi connectivity index (χ4n) is 0.606. The lowest BCUT2D eigenvalue weighted by molar-refractivity contribution is 1.37. The molecular weight excluding hydrogens is 210 g/mol. The van der Waals surface area contributed by atoms with Crippen molar-refractivity contribution in [1.29, 1.82) is 5.26 Å². The van der Waals surface area contributed by atoms with Crippen molar-refractivity contribution in [2.75, 3.05) is 0 Å². The van der Waals surface area contributed by atoms with Crippen molar-refractivity contribution in [1.82, 2.24) is 0 Å². The summed E-state index contributed by atoms with van der Waals surface area (Å²) in [7, 11) is 0. The molecule has 0 aliphatic carbocycles. The third-order valence-electron chi connectivity index (χ3n) is 1.10. The van der Waals surface area contributed by atoms with Crippen molar-refractivity contribution < 1.29 is 0 Å². The maximum Gasteiger partial charge on any atom is 0.100 e. The molecule has 0 aliphatic rings. The predicted octanol–water partition coefficient (Wildman–Crippen LogP) is 2.61. The van der Waals surface area contributed by atoms with E-state index in [0.29, 0.717) is 5.56 Å². The minimum Gasteiger partial charge on any atom is -0.192 e. The fourth-order valence-corrected chi connectivity index (χ4v) is 1.17. The van der Waals surface area contributed by atoms with Crippen LogP contribution in [0.25, 0.3) is 0 Å². The lowest BCUT2D eigenvalue weighted by Crippen LogP contribution is -1.76. The second-order valence-electron chi connectivity index (χ2n) is 1.75. The quantitative estimate of drug-likeness (QED) is 0.659. The Morgan fingerprint density at radius 3 is 2.70 bits per heavy atom. The summed E-state index contributed by atoms with van der Waals surface area (Å²) < 4.78 is 0.765. The van der Waals surface area contributed by atoms with E-state index >= 15 is 0 Å². The number of nitriles is 1. The molecule has 0 heterocycles. The average Bonchev–Trinajstić information content (AvgIpc) is 1.95. The Kier molecular flexibility index (Phi) is 2.36. The number of hydrogen-bond donors (Lipinski definition) is 1. The van der Waals surface area contributed by atoms with Crippen molar-refractivity contribution in [3.63, 3.8) is 0 Å². The predicted molar refractivity (Wildman–Crippen MR) is 46.1 cm³/mol. The second-order valence-corrected chi connectivity index (χ2v) is 3.03. The van der Waals surface area contributed by atoms with Crippen LogP contribution in [-0.2, 0) is 0 Å². The molecule has 0 aliphatic heterocycles. The van der Waals surface area contributed by atoms with Gasteiger partial charge in [-0.1, -0.05) is 6.07 Å². The van der Waals surface area contributed by atoms with Gasteiger partial charge < -0.3 is 0 Å². The third-order valence-corrected chi connectivity index (χ3v) is 2.63. The first-order valence-corrected chi connectivity index (χ1v) is 3.87. The van der Waals surface area contributed by atoms with Crippen molar-refractivity contribution in [2.45, 2.75) is 4.90 Å². The van der Waals surface area contributed by atoms with E-state index in [0.717, 1.165) is 9.37 Å². The van der Waals surface area contributed by atoms with Gasteiger partial charge >= 0.3 is 0 Å². The smallest absolute Gasteiger partial charge is 0.100 e. The van der Waals surface area contributed by atoms with Gasteiger partial charge in [-0.15, -0.1) is 12.6 Å². The van der Waals surface area contributed by atoms with Crippen LogP contribution in [-0.4, -0.2) is 0 Å². The van der Waals surface area contributed by atoms with Crippen molar-refractivity contribution >= 4 is 28.6 Å². The Morgan fingerprint density at radius 2 is 2.20 bits per heavy atom. The molecule has 1 aromatic rings. The Hall–Kier alpha value is -0.460. The Labute approximate surface area is 73.2 Å². The summed E-state index contributed by atoms with van der Waals surface area (Å²) in [5.41, 5.74) is 0.618. The van der Waals surface area contributed by atoms with Crippen LogP contribution in [0, 0.1) is 11.3 Å². The van der Waals surface area contributed by atoms with Gasteiger partial charge in [-0.25, -0.2) is 0 Å². The molecule has 0 saturated carbocycles. The highest BCUT2D eigenvalue weighted by Gasteiger charge is 1.99. The molecule has 0 aromatic heterocycles. The van der Waals surface area contributed by atoms with Gasteiger partial charge in [0.1, 0.15) is 6.07 Å². The summed E-state index contributed by atoms with van der Waals surface area (Å²) in [5.74, 6) is 0. The van der Waals surface area contributed by atoms with E-state index in [4.69, 9.17) is 5.26 Å². The summed E-state index contributed by atoms with van der Waals surface area (Å²) in [5, 5.41) is 8.53. The molecule has 0 radical (unpaired) electrons. The van der Waals surface area contributed by atoms with Gasteiger partial charge in [0.15, 0.2) is 0 Å². The van der Waals surface area contributed by atoms with Crippen LogP contribution in [0.3, 0.4) is 0 Å². The summed E-state index contributed by atoms with van der Waals surface area (Å²) in [6.45, 7) is 0. The number of halogens is 1. The van der Waals surface area contributed by atoms with Crippen LogP contribution in [0.1, 0.15) is 5.56 Å². The Bertz CT molecular complexity index is 290. The van der Waals surface area contributed by atoms with Gasteiger partial charge in [-0.2, -0.15) is 5.26 Å². The number of rotatable bonds is 0. The molecule has 0 saturated heterocycles. The molecule has 1 rings (SSSR count). The van der Waals surface area contributed by atoms with Crippen LogP contribution in [0.4, 0.5) is 0 Å². The molecule has 0 fully saturated rings. The zero-order valence-electron chi connectivity index (χ0n) is 5.00. The van der Waals surface area contributed by atoms with E-state index < -0.39 is 0 Å². The highest BCUT2D eigenvalue weighted by molar-refractivity contribution is 9.10. The SMILES string of the molecule is N#Cc1cccc(S)c1Br. The summed E-state index contributed by atoms with van der Waals surface area (Å²) in [6.07, 6.45) is 0. The summed E-state index contributed by atoms with van der Waals surface area (Å²) in [6, 6.07) is 7.40. The highest BCUT2D eigenvalue weighted by Crippen LogP contribution is 2.23. The molecule has 1 aromatic carbocycles. The van der Waals surface area contributed by atoms with Crippen LogP contribution < -0.4 is 0 Å². The molecule has 0 bridgehead atoms. The molecule has 10 heavy (non-hydrogen) atoms. The molecule has 0 unspecified atom stereocenters. The van der Waals surface area contributed by atoms with E-state index in [2.05, 4.69) is 28.6 Å². The molecule has 0 N–H and O–H groups in total. The van der Waals surface area contributed by atoms with Crippen molar-refractivity contribution in [2.24, 2.45) is 0 Å². The minimum atomic E-state index is 0.618. The van der Waals surface area contributed by atoms with Crippen molar-refractivity contribution in [3.8, 4) is 6.07 Å². The molecule has 0 atom stereocenters. The normalized spacial score (nSPS) is 8.90. The van der Waals surface area contributed by atoms with Gasteiger partial charge in [0.25, 0.3) is 0 Å². The monoisotopic (exact) mass is 213 g/mol. The van der Waals surface area contributed by atoms with E-state index in [1.54, 1.807) is 12.1 Å². The molecule has 3 heteroatoms. The zero-order chi connectivity index (χ0) is 7.56. The first-order chi connectivity index (χ1) is 4.75. The number of hydrogen-bond acceptors (Lipinski definition) is 2. The maximum absolute atomic E-state index is 8.53. The first-order valence-electron chi connectivity index (χ1n) is 2.63. The fraction of sp³-hybridized carbons (Fsp3) is 0. The molecular formula is C7H4BrNS. The standard InChI is InChI=1S/C7H4BrNS/c8-7-5(4-9)2-1-3-6(7)10/h1-3,10H. The second kappa shape index (κ2) is 3.09. The van der Waals surface area contributed by atoms with Gasteiger partial charge in [-0.3, -0.25) is 0 Å². The van der Waals surface area contributed by atoms with E-state index in [1.807, 2.05) is 12.1 Å². The van der Waals surface area contributed by atoms with E-state index in [-0.39, 0.29) is 0 Å². The minimum absolute atomic E-state index is 0.618. The van der Waals surface area contributed by atoms with Crippen LogP contribution >= 0.6 is 28.6 Å². The average molecular weight is 214 g/mol. The van der Waals surface area contributed by atoms with Gasteiger partial charge in [0.05, 0.1) is 5.56 Å². The van der Waals surface area contributed by atoms with Gasteiger partial charge in [0.2, 0.25) is 0 Å². The number of thiol groups is 1. The number of benzene rings is 1. The summed E-state index contributed by atoms with van der Waals surface area (Å²) >= 11 is 7.36. The molecule has 50 valence electrons. The van der Waals surface area contributed by atoms with Crippen LogP contribution in [0.5, 0.6) is 0 Å².